The zero-order valence-electron chi connectivity index (χ0n) is 20.1. The van der Waals surface area contributed by atoms with Crippen LogP contribution in [0.3, 0.4) is 0 Å². The van der Waals surface area contributed by atoms with E-state index in [0.717, 1.165) is 44.9 Å². The molecule has 1 saturated heterocycles. The second-order valence-electron chi connectivity index (χ2n) is 9.20. The number of nitrogen functional groups attached to an aromatic ring is 1. The Kier molecular flexibility index (Phi) is 5.94. The van der Waals surface area contributed by atoms with E-state index in [1.807, 2.05) is 35.0 Å². The van der Waals surface area contributed by atoms with Gasteiger partial charge in [-0.1, -0.05) is 42.5 Å². The minimum absolute atomic E-state index is 0.103. The van der Waals surface area contributed by atoms with Gasteiger partial charge < -0.3 is 20.3 Å². The molecule has 0 bridgehead atoms. The average Bonchev–Trinajstić information content (AvgIpc) is 3.56. The van der Waals surface area contributed by atoms with E-state index < -0.39 is 5.97 Å². The number of carboxylic acid groups (broad SMARTS) is 1. The Bertz CT molecular complexity index is 1620. The first-order valence-electron chi connectivity index (χ1n) is 12.2. The largest absolute Gasteiger partial charge is 0.487 e. The van der Waals surface area contributed by atoms with Crippen LogP contribution in [0.15, 0.2) is 72.9 Å². The molecule has 37 heavy (non-hydrogen) atoms. The summed E-state index contributed by atoms with van der Waals surface area (Å²) in [7, 11) is 0. The van der Waals surface area contributed by atoms with Crippen molar-refractivity contribution in [1.29, 1.82) is 0 Å². The van der Waals surface area contributed by atoms with Crippen molar-refractivity contribution in [2.24, 2.45) is 0 Å². The molecule has 186 valence electrons. The van der Waals surface area contributed by atoms with Gasteiger partial charge in [0, 0.05) is 29.1 Å². The van der Waals surface area contributed by atoms with Crippen LogP contribution in [-0.2, 0) is 22.6 Å². The minimum Gasteiger partial charge on any atom is -0.487 e. The topological polar surface area (TPSA) is 112 Å². The molecule has 1 fully saturated rings. The standard InChI is InChI=1S/C29H26N4O4/c30-29-23-6-3-5-21(22(23)10-12-31-29)18-8-9-26-24(14-18)25(32-33(26)20-11-13-36-16-20)17-37-27-7-2-1-4-19(27)15-28(34)35/h1-10,12,14,20H,11,13,15-17H2,(H2,30,31)(H,34,35)/t20-/m0/s1. The van der Waals surface area contributed by atoms with Crippen LogP contribution in [-0.4, -0.2) is 39.1 Å². The molecular formula is C29H26N4O4. The Morgan fingerprint density at radius 3 is 2.81 bits per heavy atom. The number of benzene rings is 3. The zero-order valence-corrected chi connectivity index (χ0v) is 20.1. The second kappa shape index (κ2) is 9.55. The van der Waals surface area contributed by atoms with Crippen LogP contribution in [0.2, 0.25) is 0 Å². The van der Waals surface area contributed by atoms with Crippen molar-refractivity contribution >= 4 is 33.5 Å². The number of nitrogens with zero attached hydrogens (tertiary/aromatic N) is 3. The highest BCUT2D eigenvalue weighted by molar-refractivity contribution is 6.02. The van der Waals surface area contributed by atoms with Crippen LogP contribution in [0, 0.1) is 0 Å². The van der Waals surface area contributed by atoms with E-state index in [4.69, 9.17) is 20.3 Å². The van der Waals surface area contributed by atoms with Crippen molar-refractivity contribution in [2.45, 2.75) is 25.5 Å². The Morgan fingerprint density at radius 1 is 1.08 bits per heavy atom. The highest BCUT2D eigenvalue weighted by Gasteiger charge is 2.23. The molecule has 0 radical (unpaired) electrons. The molecular weight excluding hydrogens is 468 g/mol. The summed E-state index contributed by atoms with van der Waals surface area (Å²) in [5.41, 5.74) is 10.7. The molecule has 0 unspecified atom stereocenters. The van der Waals surface area contributed by atoms with E-state index in [1.54, 1.807) is 18.3 Å². The van der Waals surface area contributed by atoms with Gasteiger partial charge in [-0.05, 0) is 47.2 Å². The summed E-state index contributed by atoms with van der Waals surface area (Å²) in [6.07, 6.45) is 2.52. The summed E-state index contributed by atoms with van der Waals surface area (Å²) in [5.74, 6) is 0.149. The van der Waals surface area contributed by atoms with Crippen LogP contribution in [0.25, 0.3) is 32.8 Å². The molecule has 1 aliphatic rings. The molecule has 5 aromatic rings. The number of pyridine rings is 1. The minimum atomic E-state index is -0.900. The number of rotatable bonds is 7. The number of ether oxygens (including phenoxy) is 2. The van der Waals surface area contributed by atoms with Gasteiger partial charge in [0.25, 0.3) is 0 Å². The number of para-hydroxylation sites is 1. The van der Waals surface area contributed by atoms with Crippen molar-refractivity contribution in [3.63, 3.8) is 0 Å². The molecule has 8 nitrogen and oxygen atoms in total. The normalized spacial score (nSPS) is 15.4. The first kappa shape index (κ1) is 23.0. The van der Waals surface area contributed by atoms with Crippen LogP contribution < -0.4 is 10.5 Å². The van der Waals surface area contributed by atoms with Crippen molar-refractivity contribution in [3.05, 3.63) is 84.2 Å². The quantitative estimate of drug-likeness (QED) is 0.327. The maximum Gasteiger partial charge on any atom is 0.307 e. The molecule has 1 atom stereocenters. The van der Waals surface area contributed by atoms with Crippen LogP contribution >= 0.6 is 0 Å². The van der Waals surface area contributed by atoms with Gasteiger partial charge in [-0.2, -0.15) is 5.10 Å². The molecule has 3 heterocycles. The molecule has 3 aromatic carbocycles. The molecule has 0 spiro atoms. The zero-order chi connectivity index (χ0) is 25.4. The number of carboxylic acids is 1. The highest BCUT2D eigenvalue weighted by atomic mass is 16.5. The van der Waals surface area contributed by atoms with Gasteiger partial charge in [-0.3, -0.25) is 9.48 Å². The molecule has 6 rings (SSSR count). The molecule has 3 N–H and O–H groups in total. The van der Waals surface area contributed by atoms with Crippen LogP contribution in [0.4, 0.5) is 5.82 Å². The van der Waals surface area contributed by atoms with Gasteiger partial charge >= 0.3 is 5.97 Å². The fourth-order valence-corrected chi connectivity index (χ4v) is 5.05. The fraction of sp³-hybridized carbons (Fsp3) is 0.207. The van der Waals surface area contributed by atoms with Crippen molar-refractivity contribution in [1.82, 2.24) is 14.8 Å². The predicted octanol–water partition coefficient (Wildman–Crippen LogP) is 5.00. The Labute approximate surface area is 213 Å². The van der Waals surface area contributed by atoms with Crippen LogP contribution in [0.1, 0.15) is 23.7 Å². The highest BCUT2D eigenvalue weighted by Crippen LogP contribution is 2.35. The number of carbonyl (C=O) groups is 1. The first-order chi connectivity index (χ1) is 18.1. The molecule has 0 saturated carbocycles. The van der Waals surface area contributed by atoms with E-state index in [-0.39, 0.29) is 19.1 Å². The number of fused-ring (bicyclic) bond motifs is 2. The predicted molar refractivity (Wildman–Crippen MR) is 141 cm³/mol. The summed E-state index contributed by atoms with van der Waals surface area (Å²) in [4.78, 5) is 15.5. The van der Waals surface area contributed by atoms with Crippen molar-refractivity contribution in [3.8, 4) is 16.9 Å². The van der Waals surface area contributed by atoms with Gasteiger partial charge in [-0.25, -0.2) is 4.98 Å². The summed E-state index contributed by atoms with van der Waals surface area (Å²) in [6, 6.07) is 21.7. The molecule has 2 aromatic heterocycles. The number of nitrogens with two attached hydrogens (primary N) is 1. The lowest BCUT2D eigenvalue weighted by atomic mass is 9.97. The van der Waals surface area contributed by atoms with Crippen LogP contribution in [0.5, 0.6) is 5.75 Å². The van der Waals surface area contributed by atoms with Gasteiger partial charge in [-0.15, -0.1) is 0 Å². The summed E-state index contributed by atoms with van der Waals surface area (Å²) in [6.45, 7) is 1.55. The van der Waals surface area contributed by atoms with Gasteiger partial charge in [0.2, 0.25) is 0 Å². The lowest BCUT2D eigenvalue weighted by Crippen LogP contribution is -2.11. The van der Waals surface area contributed by atoms with E-state index in [0.29, 0.717) is 30.3 Å². The molecule has 0 aliphatic carbocycles. The van der Waals surface area contributed by atoms with E-state index >= 15 is 0 Å². The summed E-state index contributed by atoms with van der Waals surface area (Å²) < 4.78 is 13.8. The van der Waals surface area contributed by atoms with E-state index in [2.05, 4.69) is 29.2 Å². The van der Waals surface area contributed by atoms with Crippen molar-refractivity contribution < 1.29 is 19.4 Å². The molecule has 0 amide bonds. The smallest absolute Gasteiger partial charge is 0.307 e. The number of aliphatic carboxylic acids is 1. The van der Waals surface area contributed by atoms with Gasteiger partial charge in [0.05, 0.1) is 24.6 Å². The third kappa shape index (κ3) is 4.36. The summed E-state index contributed by atoms with van der Waals surface area (Å²) >= 11 is 0. The van der Waals surface area contributed by atoms with E-state index in [1.165, 1.54) is 0 Å². The number of aromatic nitrogens is 3. The average molecular weight is 495 g/mol. The number of anilines is 1. The Balaban J connectivity index is 1.43. The van der Waals surface area contributed by atoms with Crippen molar-refractivity contribution in [2.75, 3.05) is 18.9 Å². The second-order valence-corrected chi connectivity index (χ2v) is 9.20. The maximum absolute atomic E-state index is 11.3. The third-order valence-electron chi connectivity index (χ3n) is 6.86. The maximum atomic E-state index is 11.3. The SMILES string of the molecule is Nc1nccc2c(-c3ccc4c(c3)c(COc3ccccc3CC(=O)O)nn4[C@H]3CCOC3)cccc12. The lowest BCUT2D eigenvalue weighted by molar-refractivity contribution is -0.136. The fourth-order valence-electron chi connectivity index (χ4n) is 5.05. The lowest BCUT2D eigenvalue weighted by Gasteiger charge is -2.11. The third-order valence-corrected chi connectivity index (χ3v) is 6.86. The van der Waals surface area contributed by atoms with Gasteiger partial charge in [0.1, 0.15) is 23.9 Å². The van der Waals surface area contributed by atoms with Gasteiger partial charge in [0.15, 0.2) is 0 Å². The van der Waals surface area contributed by atoms with E-state index in [9.17, 15) is 9.90 Å². The number of hydrogen-bond acceptors (Lipinski definition) is 6. The first-order valence-corrected chi connectivity index (χ1v) is 12.2. The molecule has 1 aliphatic heterocycles. The molecule has 8 heteroatoms. The number of hydrogen-bond donors (Lipinski definition) is 2. The Morgan fingerprint density at radius 2 is 1.97 bits per heavy atom. The monoisotopic (exact) mass is 494 g/mol. The Hall–Kier alpha value is -4.43. The summed E-state index contributed by atoms with van der Waals surface area (Å²) in [5, 5.41) is 17.2.